The van der Waals surface area contributed by atoms with Crippen molar-refractivity contribution in [2.24, 2.45) is 4.99 Å². The topological polar surface area (TPSA) is 21.6 Å². The van der Waals surface area contributed by atoms with Crippen LogP contribution >= 0.6 is 0 Å². The number of nitrogens with zero attached hydrogens (tertiary/aromatic N) is 1. The van der Waals surface area contributed by atoms with E-state index >= 15 is 0 Å². The van der Waals surface area contributed by atoms with Crippen molar-refractivity contribution in [3.05, 3.63) is 90.5 Å². The second kappa shape index (κ2) is 6.53. The van der Waals surface area contributed by atoms with Gasteiger partial charge < -0.3 is 4.74 Å². The molecule has 0 bridgehead atoms. The Kier molecular flexibility index (Phi) is 4.08. The van der Waals surface area contributed by atoms with Crippen LogP contribution in [-0.2, 0) is 0 Å². The van der Waals surface area contributed by atoms with Gasteiger partial charge >= 0.3 is 0 Å². The number of rotatable bonds is 4. The number of benzene rings is 3. The smallest absolute Gasteiger partial charge is 0.127 e. The quantitative estimate of drug-likeness (QED) is 0.596. The Morgan fingerprint density at radius 2 is 1.19 bits per heavy atom. The summed E-state index contributed by atoms with van der Waals surface area (Å²) in [6.07, 6.45) is 1.85. The predicted octanol–water partition coefficient (Wildman–Crippen LogP) is 5.23. The zero-order chi connectivity index (χ0) is 14.3. The average Bonchev–Trinajstić information content (AvgIpc) is 2.56. The van der Waals surface area contributed by atoms with E-state index < -0.39 is 0 Å². The maximum Gasteiger partial charge on any atom is 0.127 e. The Morgan fingerprint density at radius 1 is 0.619 bits per heavy atom. The number of ether oxygens (including phenoxy) is 1. The first-order chi connectivity index (χ1) is 10.4. The van der Waals surface area contributed by atoms with Gasteiger partial charge in [-0.05, 0) is 54.1 Å². The highest BCUT2D eigenvalue weighted by Crippen LogP contribution is 2.21. The van der Waals surface area contributed by atoms with Gasteiger partial charge in [-0.25, -0.2) is 0 Å². The molecular formula is C19H15NO. The van der Waals surface area contributed by atoms with Gasteiger partial charge in [0, 0.05) is 6.21 Å². The molecule has 3 aromatic carbocycles. The predicted molar refractivity (Wildman–Crippen MR) is 86.7 cm³/mol. The van der Waals surface area contributed by atoms with Crippen LogP contribution in [0, 0.1) is 0 Å². The maximum absolute atomic E-state index is 5.75. The van der Waals surface area contributed by atoms with E-state index in [2.05, 4.69) is 4.99 Å². The zero-order valence-electron chi connectivity index (χ0n) is 11.5. The molecule has 2 heteroatoms. The van der Waals surface area contributed by atoms with Crippen LogP contribution in [0.1, 0.15) is 5.56 Å². The lowest BCUT2D eigenvalue weighted by Crippen LogP contribution is -1.85. The molecule has 0 N–H and O–H groups in total. The minimum Gasteiger partial charge on any atom is -0.457 e. The van der Waals surface area contributed by atoms with Crippen LogP contribution in [0.5, 0.6) is 11.5 Å². The first-order valence-electron chi connectivity index (χ1n) is 6.82. The fourth-order valence-corrected chi connectivity index (χ4v) is 1.91. The summed E-state index contributed by atoms with van der Waals surface area (Å²) in [5.74, 6) is 1.65. The molecule has 0 unspecified atom stereocenters. The summed E-state index contributed by atoms with van der Waals surface area (Å²) in [5, 5.41) is 0. The SMILES string of the molecule is C(=Nc1ccccc1)c1ccc(Oc2ccccc2)cc1. The van der Waals surface area contributed by atoms with Crippen molar-refractivity contribution < 1.29 is 4.74 Å². The molecule has 2 nitrogen and oxygen atoms in total. The number of hydrogen-bond acceptors (Lipinski definition) is 2. The third kappa shape index (κ3) is 3.80. The average molecular weight is 273 g/mol. The van der Waals surface area contributed by atoms with Crippen molar-refractivity contribution in [2.45, 2.75) is 0 Å². The Morgan fingerprint density at radius 3 is 1.86 bits per heavy atom. The van der Waals surface area contributed by atoms with Crippen molar-refractivity contribution in [1.29, 1.82) is 0 Å². The van der Waals surface area contributed by atoms with Gasteiger partial charge in [0.15, 0.2) is 0 Å². The van der Waals surface area contributed by atoms with E-state index in [1.165, 1.54) is 0 Å². The molecule has 0 aliphatic carbocycles. The Balaban J connectivity index is 1.68. The molecule has 0 saturated carbocycles. The minimum atomic E-state index is 0.818. The number of aliphatic imine (C=N–C) groups is 1. The van der Waals surface area contributed by atoms with Crippen LogP contribution in [0.15, 0.2) is 89.9 Å². The van der Waals surface area contributed by atoms with E-state index in [1.54, 1.807) is 0 Å². The summed E-state index contributed by atoms with van der Waals surface area (Å²) in [6, 6.07) is 27.5. The molecule has 0 aliphatic rings. The van der Waals surface area contributed by atoms with Gasteiger partial charge in [0.2, 0.25) is 0 Å². The second-order valence-electron chi connectivity index (χ2n) is 4.58. The fraction of sp³-hybridized carbons (Fsp3) is 0. The van der Waals surface area contributed by atoms with E-state index in [1.807, 2.05) is 91.1 Å². The Bertz CT molecular complexity index is 704. The van der Waals surface area contributed by atoms with Gasteiger partial charge in [0.1, 0.15) is 11.5 Å². The molecule has 0 fully saturated rings. The van der Waals surface area contributed by atoms with Gasteiger partial charge in [-0.2, -0.15) is 0 Å². The lowest BCUT2D eigenvalue weighted by Gasteiger charge is -2.05. The number of hydrogen-bond donors (Lipinski definition) is 0. The molecule has 102 valence electrons. The first kappa shape index (κ1) is 13.1. The van der Waals surface area contributed by atoms with Crippen molar-refractivity contribution in [3.63, 3.8) is 0 Å². The molecule has 0 atom stereocenters. The van der Waals surface area contributed by atoms with E-state index in [4.69, 9.17) is 4.74 Å². The van der Waals surface area contributed by atoms with E-state index in [9.17, 15) is 0 Å². The molecule has 0 spiro atoms. The van der Waals surface area contributed by atoms with Gasteiger partial charge in [-0.1, -0.05) is 36.4 Å². The molecular weight excluding hydrogens is 258 g/mol. The maximum atomic E-state index is 5.75. The van der Waals surface area contributed by atoms with Crippen LogP contribution in [0.2, 0.25) is 0 Å². The minimum absolute atomic E-state index is 0.818. The van der Waals surface area contributed by atoms with Crippen LogP contribution in [0.4, 0.5) is 5.69 Å². The van der Waals surface area contributed by atoms with Crippen molar-refractivity contribution in [3.8, 4) is 11.5 Å². The molecule has 0 saturated heterocycles. The molecule has 0 heterocycles. The van der Waals surface area contributed by atoms with Gasteiger partial charge in [0.05, 0.1) is 5.69 Å². The number of para-hydroxylation sites is 2. The van der Waals surface area contributed by atoms with Crippen molar-refractivity contribution in [2.75, 3.05) is 0 Å². The van der Waals surface area contributed by atoms with E-state index in [-0.39, 0.29) is 0 Å². The van der Waals surface area contributed by atoms with Gasteiger partial charge in [-0.15, -0.1) is 0 Å². The third-order valence-corrected chi connectivity index (χ3v) is 2.98. The first-order valence-corrected chi connectivity index (χ1v) is 6.82. The van der Waals surface area contributed by atoms with Crippen molar-refractivity contribution >= 4 is 11.9 Å². The summed E-state index contributed by atoms with van der Waals surface area (Å²) in [6.45, 7) is 0. The van der Waals surface area contributed by atoms with Gasteiger partial charge in [0.25, 0.3) is 0 Å². The zero-order valence-corrected chi connectivity index (χ0v) is 11.5. The molecule has 0 aliphatic heterocycles. The molecule has 21 heavy (non-hydrogen) atoms. The lowest BCUT2D eigenvalue weighted by molar-refractivity contribution is 0.482. The van der Waals surface area contributed by atoms with Gasteiger partial charge in [-0.3, -0.25) is 4.99 Å². The highest BCUT2D eigenvalue weighted by Gasteiger charge is 1.96. The molecule has 0 amide bonds. The second-order valence-corrected chi connectivity index (χ2v) is 4.58. The Hall–Kier alpha value is -2.87. The van der Waals surface area contributed by atoms with Crippen LogP contribution in [0.3, 0.4) is 0 Å². The fourth-order valence-electron chi connectivity index (χ4n) is 1.91. The van der Waals surface area contributed by atoms with Crippen molar-refractivity contribution in [1.82, 2.24) is 0 Å². The normalized spacial score (nSPS) is 10.7. The summed E-state index contributed by atoms with van der Waals surface area (Å²) in [5.41, 5.74) is 1.99. The monoisotopic (exact) mass is 273 g/mol. The van der Waals surface area contributed by atoms with Crippen LogP contribution < -0.4 is 4.74 Å². The van der Waals surface area contributed by atoms with Crippen LogP contribution in [0.25, 0.3) is 0 Å². The summed E-state index contributed by atoms with van der Waals surface area (Å²) in [4.78, 5) is 4.42. The summed E-state index contributed by atoms with van der Waals surface area (Å²) in [7, 11) is 0. The molecule has 3 aromatic rings. The molecule has 0 aromatic heterocycles. The van der Waals surface area contributed by atoms with E-state index in [0.717, 1.165) is 22.7 Å². The largest absolute Gasteiger partial charge is 0.457 e. The summed E-state index contributed by atoms with van der Waals surface area (Å²) >= 11 is 0. The molecule has 3 rings (SSSR count). The van der Waals surface area contributed by atoms with E-state index in [0.29, 0.717) is 0 Å². The lowest BCUT2D eigenvalue weighted by atomic mass is 10.2. The third-order valence-electron chi connectivity index (χ3n) is 2.98. The summed E-state index contributed by atoms with van der Waals surface area (Å²) < 4.78 is 5.75. The Labute approximate surface area is 124 Å². The van der Waals surface area contributed by atoms with Crippen LogP contribution in [-0.4, -0.2) is 6.21 Å². The molecule has 0 radical (unpaired) electrons. The highest BCUT2D eigenvalue weighted by molar-refractivity contribution is 5.82. The standard InChI is InChI=1S/C19H15NO/c1-3-7-17(8-4-1)20-15-16-11-13-19(14-12-16)21-18-9-5-2-6-10-18/h1-15H. The highest BCUT2D eigenvalue weighted by atomic mass is 16.5.